The lowest BCUT2D eigenvalue weighted by Gasteiger charge is -2.37. The van der Waals surface area contributed by atoms with Crippen LogP contribution in [0.4, 0.5) is 22.7 Å². The largest absolute Gasteiger partial charge is 0.394 e. The molecule has 48 heavy (non-hydrogen) atoms. The Morgan fingerprint density at radius 1 is 0.729 bits per heavy atom. The molecule has 0 spiro atoms. The Balaban J connectivity index is 1.32. The molecule has 0 saturated carbocycles. The number of fused-ring (bicyclic) bond motifs is 2. The zero-order valence-electron chi connectivity index (χ0n) is 29.0. The van der Waals surface area contributed by atoms with Gasteiger partial charge in [0, 0.05) is 49.7 Å². The van der Waals surface area contributed by atoms with Gasteiger partial charge < -0.3 is 41.3 Å². The molecule has 2 aliphatic rings. The molecule has 0 aromatic heterocycles. The van der Waals surface area contributed by atoms with E-state index in [-0.39, 0.29) is 67.6 Å². The van der Waals surface area contributed by atoms with Gasteiger partial charge in [-0.1, -0.05) is 33.8 Å². The van der Waals surface area contributed by atoms with E-state index in [4.69, 9.17) is 0 Å². The highest BCUT2D eigenvalue weighted by Crippen LogP contribution is 2.32. The van der Waals surface area contributed by atoms with Crippen LogP contribution < -0.4 is 31.1 Å². The molecule has 0 fully saturated rings. The summed E-state index contributed by atoms with van der Waals surface area (Å²) in [6.45, 7) is 7.59. The van der Waals surface area contributed by atoms with Crippen LogP contribution in [-0.4, -0.2) is 85.3 Å². The maximum absolute atomic E-state index is 12.9. The van der Waals surface area contributed by atoms with Crippen LogP contribution in [-0.2, 0) is 32.0 Å². The monoisotopic (exact) mass is 664 g/mol. The summed E-state index contributed by atoms with van der Waals surface area (Å²) in [4.78, 5) is 55.3. The molecule has 0 radical (unpaired) electrons. The molecule has 0 unspecified atom stereocenters. The standard InChI is InChI=1S/C36H52N6O6/c1-21(2)33-35(47)40-28(20-44)17-24-16-25(13-14-29(24)41(33)5)37-31(45)9-7-8-10-32(46)38-26-12-11-23-15-27(19-43)39-36(48)34(22(3)4)42(6)30(23)18-26/h11-14,16,18,21-22,27-28,33-34,43-44H,7-10,15,17,19-20H2,1-6H3,(H,37,45)(H,38,46)(H,39,48)(H,40,47)/t27-,28-,33-,34-/m0/s1. The summed E-state index contributed by atoms with van der Waals surface area (Å²) in [5.74, 6) is -0.484. The van der Waals surface area contributed by atoms with Crippen LogP contribution in [0.15, 0.2) is 36.4 Å². The summed E-state index contributed by atoms with van der Waals surface area (Å²) in [6, 6.07) is 9.64. The number of aliphatic hydroxyl groups is 2. The average Bonchev–Trinajstić information content (AvgIpc) is 3.01. The van der Waals surface area contributed by atoms with Crippen LogP contribution in [0.25, 0.3) is 0 Å². The minimum atomic E-state index is -0.427. The van der Waals surface area contributed by atoms with E-state index >= 15 is 0 Å². The predicted octanol–water partition coefficient (Wildman–Crippen LogP) is 2.81. The zero-order valence-corrected chi connectivity index (χ0v) is 29.0. The molecular weight excluding hydrogens is 612 g/mol. The third-order valence-electron chi connectivity index (χ3n) is 9.25. The van der Waals surface area contributed by atoms with Crippen molar-refractivity contribution >= 4 is 46.4 Å². The molecule has 12 nitrogen and oxygen atoms in total. The summed E-state index contributed by atoms with van der Waals surface area (Å²) in [6.07, 6.45) is 2.47. The second-order valence-corrected chi connectivity index (χ2v) is 13.8. The molecule has 0 aliphatic carbocycles. The number of benzene rings is 2. The number of rotatable bonds is 11. The lowest BCUT2D eigenvalue weighted by Crippen LogP contribution is -2.54. The van der Waals surface area contributed by atoms with Crippen molar-refractivity contribution in [2.45, 2.75) is 90.4 Å². The van der Waals surface area contributed by atoms with E-state index in [1.807, 2.05) is 88.0 Å². The average molecular weight is 665 g/mol. The number of nitrogens with one attached hydrogen (secondary N) is 4. The maximum atomic E-state index is 12.9. The number of amides is 4. The van der Waals surface area contributed by atoms with Crippen LogP contribution in [0, 0.1) is 11.8 Å². The van der Waals surface area contributed by atoms with Gasteiger partial charge in [0.1, 0.15) is 12.1 Å². The lowest BCUT2D eigenvalue weighted by molar-refractivity contribution is -0.125. The van der Waals surface area contributed by atoms with Crippen molar-refractivity contribution in [3.63, 3.8) is 0 Å². The van der Waals surface area contributed by atoms with Crippen molar-refractivity contribution in [2.75, 3.05) is 47.7 Å². The van der Waals surface area contributed by atoms with Crippen molar-refractivity contribution in [2.24, 2.45) is 11.8 Å². The van der Waals surface area contributed by atoms with Crippen molar-refractivity contribution < 1.29 is 29.4 Å². The first-order chi connectivity index (χ1) is 22.8. The molecule has 4 amide bonds. The van der Waals surface area contributed by atoms with E-state index in [0.29, 0.717) is 37.1 Å². The fraction of sp³-hybridized carbons (Fsp3) is 0.556. The van der Waals surface area contributed by atoms with E-state index in [9.17, 15) is 29.4 Å². The Hall–Kier alpha value is -4.16. The van der Waals surface area contributed by atoms with Gasteiger partial charge in [-0.2, -0.15) is 0 Å². The lowest BCUT2D eigenvalue weighted by atomic mass is 9.95. The third-order valence-corrected chi connectivity index (χ3v) is 9.25. The molecule has 0 bridgehead atoms. The van der Waals surface area contributed by atoms with E-state index in [0.717, 1.165) is 22.5 Å². The topological polar surface area (TPSA) is 163 Å². The number of unbranched alkanes of at least 4 members (excludes halogenated alkanes) is 1. The van der Waals surface area contributed by atoms with Crippen molar-refractivity contribution in [3.8, 4) is 0 Å². The first-order valence-corrected chi connectivity index (χ1v) is 17.0. The Bertz CT molecular complexity index is 1480. The van der Waals surface area contributed by atoms with Gasteiger partial charge in [0.15, 0.2) is 0 Å². The Morgan fingerprint density at radius 3 is 1.69 bits per heavy atom. The number of aliphatic hydroxyl groups excluding tert-OH is 2. The van der Waals surface area contributed by atoms with Crippen molar-refractivity contribution in [3.05, 3.63) is 47.5 Å². The molecule has 2 aromatic rings. The highest BCUT2D eigenvalue weighted by Gasteiger charge is 2.33. The quantitative estimate of drug-likeness (QED) is 0.200. The molecular formula is C36H52N6O6. The highest BCUT2D eigenvalue weighted by atomic mass is 16.3. The van der Waals surface area contributed by atoms with Crippen LogP contribution in [0.5, 0.6) is 0 Å². The number of hydrogen-bond donors (Lipinski definition) is 6. The van der Waals surface area contributed by atoms with Gasteiger partial charge in [-0.15, -0.1) is 0 Å². The number of carbonyl (C=O) groups excluding carboxylic acids is 4. The van der Waals surface area contributed by atoms with Gasteiger partial charge in [-0.25, -0.2) is 0 Å². The molecule has 2 aromatic carbocycles. The summed E-state index contributed by atoms with van der Waals surface area (Å²) in [5, 5.41) is 31.5. The van der Waals surface area contributed by atoms with Gasteiger partial charge in [0.25, 0.3) is 0 Å². The Labute approximate surface area is 283 Å². The fourth-order valence-electron chi connectivity index (χ4n) is 6.91. The van der Waals surface area contributed by atoms with Crippen molar-refractivity contribution in [1.82, 2.24) is 10.6 Å². The number of anilines is 4. The van der Waals surface area contributed by atoms with E-state index < -0.39 is 18.1 Å². The predicted molar refractivity (Wildman–Crippen MR) is 188 cm³/mol. The van der Waals surface area contributed by atoms with Gasteiger partial charge in [-0.05, 0) is 79.0 Å². The second kappa shape index (κ2) is 16.3. The van der Waals surface area contributed by atoms with Crippen molar-refractivity contribution in [1.29, 1.82) is 0 Å². The van der Waals surface area contributed by atoms with Gasteiger partial charge in [-0.3, -0.25) is 19.2 Å². The smallest absolute Gasteiger partial charge is 0.243 e. The van der Waals surface area contributed by atoms with Gasteiger partial charge in [0.2, 0.25) is 23.6 Å². The molecule has 2 aliphatic heterocycles. The Kier molecular flexibility index (Phi) is 12.4. The molecule has 0 saturated heterocycles. The highest BCUT2D eigenvalue weighted by molar-refractivity contribution is 5.93. The van der Waals surface area contributed by atoms with Crippen LogP contribution in [0.1, 0.15) is 64.5 Å². The van der Waals surface area contributed by atoms with Gasteiger partial charge >= 0.3 is 0 Å². The summed E-state index contributed by atoms with van der Waals surface area (Å²) in [5.41, 5.74) is 4.89. The molecule has 262 valence electrons. The zero-order chi connectivity index (χ0) is 35.1. The maximum Gasteiger partial charge on any atom is 0.243 e. The third kappa shape index (κ3) is 8.84. The molecule has 4 rings (SSSR count). The van der Waals surface area contributed by atoms with E-state index in [1.165, 1.54) is 0 Å². The number of hydrogen-bond acceptors (Lipinski definition) is 8. The SMILES string of the molecule is CC(C)[C@H]1C(=O)N[C@H](CO)Cc2cc(NC(=O)CCCCC(=O)Nc3ccc4c(c3)N(C)[C@@H](C(C)C)C(=O)N[C@H](CO)C4)ccc2N1C. The Morgan fingerprint density at radius 2 is 1.19 bits per heavy atom. The second-order valence-electron chi connectivity index (χ2n) is 13.8. The summed E-state index contributed by atoms with van der Waals surface area (Å²) in [7, 11) is 3.76. The van der Waals surface area contributed by atoms with Gasteiger partial charge in [0.05, 0.1) is 25.3 Å². The van der Waals surface area contributed by atoms with E-state index in [1.54, 1.807) is 0 Å². The minimum Gasteiger partial charge on any atom is -0.394 e. The minimum absolute atomic E-state index is 0.0270. The van der Waals surface area contributed by atoms with E-state index in [2.05, 4.69) is 21.3 Å². The first kappa shape index (κ1) is 36.7. The molecule has 4 atom stereocenters. The normalized spacial score (nSPS) is 21.3. The van der Waals surface area contributed by atoms with Crippen LogP contribution in [0.2, 0.25) is 0 Å². The summed E-state index contributed by atoms with van der Waals surface area (Å²) < 4.78 is 0. The van der Waals surface area contributed by atoms with Crippen LogP contribution >= 0.6 is 0 Å². The number of nitrogens with zero attached hydrogens (tertiary/aromatic N) is 2. The fourth-order valence-corrected chi connectivity index (χ4v) is 6.91. The molecule has 6 N–H and O–H groups in total. The first-order valence-electron chi connectivity index (χ1n) is 17.0. The van der Waals surface area contributed by atoms with Crippen LogP contribution in [0.3, 0.4) is 0 Å². The molecule has 12 heteroatoms. The molecule has 2 heterocycles. The number of likely N-dealkylation sites (N-methyl/N-ethyl adjacent to an activating group) is 2. The summed E-state index contributed by atoms with van der Waals surface area (Å²) >= 11 is 0. The number of carbonyl (C=O) groups is 4.